The molecule has 27 heavy (non-hydrogen) atoms. The van der Waals surface area contributed by atoms with Gasteiger partial charge in [-0.25, -0.2) is 4.98 Å². The molecule has 0 radical (unpaired) electrons. The van der Waals surface area contributed by atoms with E-state index in [9.17, 15) is 5.11 Å². The Bertz CT molecular complexity index is 699. The lowest BCUT2D eigenvalue weighted by molar-refractivity contribution is 0.120. The normalized spacial score (nSPS) is 20.0. The van der Waals surface area contributed by atoms with E-state index in [1.54, 1.807) is 11.3 Å². The van der Waals surface area contributed by atoms with Gasteiger partial charge in [0.25, 0.3) is 0 Å². The van der Waals surface area contributed by atoms with Crippen LogP contribution in [-0.4, -0.2) is 41.3 Å². The van der Waals surface area contributed by atoms with Gasteiger partial charge in [0.2, 0.25) is 0 Å². The van der Waals surface area contributed by atoms with Gasteiger partial charge in [0.1, 0.15) is 5.01 Å². The van der Waals surface area contributed by atoms with E-state index in [1.807, 2.05) is 18.2 Å². The second-order valence-electron chi connectivity index (χ2n) is 6.67. The predicted molar refractivity (Wildman–Crippen MR) is 124 cm³/mol. The molecule has 0 atom stereocenters. The summed E-state index contributed by atoms with van der Waals surface area (Å²) >= 11 is 1.69. The zero-order valence-corrected chi connectivity index (χ0v) is 18.9. The van der Waals surface area contributed by atoms with E-state index in [1.165, 1.54) is 5.56 Å². The van der Waals surface area contributed by atoms with Crippen molar-refractivity contribution in [3.63, 3.8) is 0 Å². The molecule has 0 unspecified atom stereocenters. The van der Waals surface area contributed by atoms with E-state index in [2.05, 4.69) is 35.1 Å². The third kappa shape index (κ3) is 7.04. The van der Waals surface area contributed by atoms with Gasteiger partial charge in [-0.15, -0.1) is 35.3 Å². The fourth-order valence-electron chi connectivity index (χ4n) is 3.15. The molecule has 7 heteroatoms. The van der Waals surface area contributed by atoms with Crippen LogP contribution in [0, 0.1) is 0 Å². The molecule has 2 aromatic rings. The molecule has 1 aliphatic carbocycles. The molecule has 1 aromatic carbocycles. The van der Waals surface area contributed by atoms with Crippen molar-refractivity contribution >= 4 is 41.3 Å². The molecule has 0 saturated heterocycles. The third-order valence-corrected chi connectivity index (χ3v) is 5.53. The van der Waals surface area contributed by atoms with Gasteiger partial charge in [0.05, 0.1) is 11.8 Å². The van der Waals surface area contributed by atoms with E-state index in [0.717, 1.165) is 55.3 Å². The number of hydrogen-bond donors (Lipinski definition) is 3. The highest BCUT2D eigenvalue weighted by molar-refractivity contribution is 14.0. The molecule has 1 aliphatic rings. The van der Waals surface area contributed by atoms with E-state index < -0.39 is 0 Å². The summed E-state index contributed by atoms with van der Waals surface area (Å²) in [6.07, 6.45) is 4.45. The van der Waals surface area contributed by atoms with Crippen molar-refractivity contribution in [1.82, 2.24) is 15.6 Å². The molecule has 1 heterocycles. The van der Waals surface area contributed by atoms with Crippen LogP contribution in [0.15, 0.2) is 40.7 Å². The quantitative estimate of drug-likeness (QED) is 0.321. The summed E-state index contributed by atoms with van der Waals surface area (Å²) in [4.78, 5) is 9.43. The highest BCUT2D eigenvalue weighted by Gasteiger charge is 2.19. The molecule has 1 saturated carbocycles. The average molecular weight is 500 g/mol. The van der Waals surface area contributed by atoms with Crippen LogP contribution in [0.2, 0.25) is 0 Å². The Morgan fingerprint density at radius 3 is 2.67 bits per heavy atom. The monoisotopic (exact) mass is 500 g/mol. The molecule has 148 valence electrons. The maximum Gasteiger partial charge on any atom is 0.191 e. The third-order valence-electron chi connectivity index (χ3n) is 4.59. The van der Waals surface area contributed by atoms with Gasteiger partial charge in [-0.3, -0.25) is 4.99 Å². The van der Waals surface area contributed by atoms with Crippen molar-refractivity contribution in [2.24, 2.45) is 4.99 Å². The lowest BCUT2D eigenvalue weighted by Gasteiger charge is -2.27. The summed E-state index contributed by atoms with van der Waals surface area (Å²) in [5.41, 5.74) is 2.26. The number of guanidine groups is 1. The van der Waals surface area contributed by atoms with Crippen molar-refractivity contribution in [3.05, 3.63) is 41.4 Å². The SMILES string of the molecule is CCNC(=NCCc1csc(-c2ccccc2)n1)NC1CCC(O)CC1.I. The smallest absolute Gasteiger partial charge is 0.191 e. The molecule has 3 rings (SSSR count). The minimum Gasteiger partial charge on any atom is -0.393 e. The van der Waals surface area contributed by atoms with Crippen molar-refractivity contribution in [2.75, 3.05) is 13.1 Å². The summed E-state index contributed by atoms with van der Waals surface area (Å²) in [6, 6.07) is 10.7. The Balaban J connectivity index is 0.00000261. The number of aliphatic hydroxyl groups excluding tert-OH is 1. The molecule has 0 aliphatic heterocycles. The number of thiazole rings is 1. The van der Waals surface area contributed by atoms with Crippen LogP contribution in [0.1, 0.15) is 38.3 Å². The molecular formula is C20H29IN4OS. The van der Waals surface area contributed by atoms with E-state index >= 15 is 0 Å². The maximum absolute atomic E-state index is 9.64. The highest BCUT2D eigenvalue weighted by Crippen LogP contribution is 2.23. The number of nitrogens with one attached hydrogen (secondary N) is 2. The molecule has 1 fully saturated rings. The number of aliphatic hydroxyl groups is 1. The zero-order valence-electron chi connectivity index (χ0n) is 15.7. The lowest BCUT2D eigenvalue weighted by Crippen LogP contribution is -2.45. The fraction of sp³-hybridized carbons (Fsp3) is 0.500. The Kier molecular flexibility index (Phi) is 9.50. The van der Waals surface area contributed by atoms with Crippen LogP contribution in [0.25, 0.3) is 10.6 Å². The van der Waals surface area contributed by atoms with E-state index in [-0.39, 0.29) is 30.1 Å². The second kappa shape index (κ2) is 11.6. The van der Waals surface area contributed by atoms with Gasteiger partial charge in [-0.05, 0) is 32.6 Å². The standard InChI is InChI=1S/C20H28N4OS.HI/c1-2-21-20(24-16-8-10-18(25)11-9-16)22-13-12-17-14-26-19(23-17)15-6-4-3-5-7-15;/h3-7,14,16,18,25H,2,8-13H2,1H3,(H2,21,22,24);1H. The maximum atomic E-state index is 9.64. The van der Waals surface area contributed by atoms with Crippen LogP contribution >= 0.6 is 35.3 Å². The lowest BCUT2D eigenvalue weighted by atomic mass is 9.93. The Morgan fingerprint density at radius 2 is 1.96 bits per heavy atom. The molecule has 0 amide bonds. The van der Waals surface area contributed by atoms with Crippen LogP contribution in [0.5, 0.6) is 0 Å². The zero-order chi connectivity index (χ0) is 18.2. The summed E-state index contributed by atoms with van der Waals surface area (Å²) < 4.78 is 0. The largest absolute Gasteiger partial charge is 0.393 e. The second-order valence-corrected chi connectivity index (χ2v) is 7.53. The highest BCUT2D eigenvalue weighted by atomic mass is 127. The minimum atomic E-state index is -0.129. The van der Waals surface area contributed by atoms with Gasteiger partial charge in [0, 0.05) is 36.5 Å². The van der Waals surface area contributed by atoms with E-state index in [0.29, 0.717) is 12.6 Å². The minimum absolute atomic E-state index is 0. The van der Waals surface area contributed by atoms with E-state index in [4.69, 9.17) is 9.98 Å². The molecule has 3 N–H and O–H groups in total. The number of rotatable bonds is 6. The first-order chi connectivity index (χ1) is 12.7. The van der Waals surface area contributed by atoms with Crippen LogP contribution in [0.3, 0.4) is 0 Å². The predicted octanol–water partition coefficient (Wildman–Crippen LogP) is 3.83. The van der Waals surface area contributed by atoms with Crippen molar-refractivity contribution in [3.8, 4) is 10.6 Å². The first kappa shape index (κ1) is 22.1. The van der Waals surface area contributed by atoms with Crippen molar-refractivity contribution in [2.45, 2.75) is 51.2 Å². The molecule has 5 nitrogen and oxygen atoms in total. The number of benzene rings is 1. The fourth-order valence-corrected chi connectivity index (χ4v) is 4.01. The molecule has 0 bridgehead atoms. The number of aromatic nitrogens is 1. The Hall–Kier alpha value is -1.19. The first-order valence-electron chi connectivity index (χ1n) is 9.47. The average Bonchev–Trinajstić information content (AvgIpc) is 3.13. The molecule has 0 spiro atoms. The van der Waals surface area contributed by atoms with Gasteiger partial charge >= 0.3 is 0 Å². The summed E-state index contributed by atoms with van der Waals surface area (Å²) in [5, 5.41) is 19.6. The van der Waals surface area contributed by atoms with Gasteiger partial charge < -0.3 is 15.7 Å². The summed E-state index contributed by atoms with van der Waals surface area (Å²) in [6.45, 7) is 3.63. The summed E-state index contributed by atoms with van der Waals surface area (Å²) in [5.74, 6) is 0.868. The van der Waals surface area contributed by atoms with Crippen molar-refractivity contribution < 1.29 is 5.11 Å². The molecular weight excluding hydrogens is 471 g/mol. The van der Waals surface area contributed by atoms with Crippen LogP contribution in [-0.2, 0) is 6.42 Å². The first-order valence-corrected chi connectivity index (χ1v) is 10.3. The van der Waals surface area contributed by atoms with Gasteiger partial charge in [-0.1, -0.05) is 30.3 Å². The topological polar surface area (TPSA) is 69.5 Å². The van der Waals surface area contributed by atoms with Gasteiger partial charge in [0.15, 0.2) is 5.96 Å². The number of nitrogens with zero attached hydrogens (tertiary/aromatic N) is 2. The summed E-state index contributed by atoms with van der Waals surface area (Å²) in [7, 11) is 0. The van der Waals surface area contributed by atoms with Gasteiger partial charge in [-0.2, -0.15) is 0 Å². The number of hydrogen-bond acceptors (Lipinski definition) is 4. The van der Waals surface area contributed by atoms with Crippen LogP contribution in [0.4, 0.5) is 0 Å². The van der Waals surface area contributed by atoms with Crippen LogP contribution < -0.4 is 10.6 Å². The Labute approximate surface area is 182 Å². The number of halogens is 1. The molecule has 1 aromatic heterocycles. The Morgan fingerprint density at radius 1 is 1.22 bits per heavy atom. The number of aliphatic imine (C=N–C) groups is 1. The van der Waals surface area contributed by atoms with Crippen molar-refractivity contribution in [1.29, 1.82) is 0 Å².